The summed E-state index contributed by atoms with van der Waals surface area (Å²) in [7, 11) is 0. The molecule has 1 aliphatic rings. The number of ketones is 1. The summed E-state index contributed by atoms with van der Waals surface area (Å²) in [5.74, 6) is 0.777. The average molecular weight is 835 g/mol. The van der Waals surface area contributed by atoms with E-state index in [0.717, 1.165) is 48.1 Å². The largest absolute Gasteiger partial charge is 0.512 e. The smallest absolute Gasteiger partial charge is 0.164 e. The molecule has 0 spiro atoms. The SMILES string of the molecule is CCC(C)(CC)C(=O)/C=C(\O)C(C)(CC)CC.[2H]C([2H])([2H])c1[c-]c(-c2nccc3cc(C(C)C4CCCC4)c4ccc(F)cc4c23)cc(C([2H])([2H])[2H])c1.[Ir]. The predicted molar refractivity (Wildman–Crippen MR) is 196 cm³/mol. The Labute approximate surface area is 310 Å². The van der Waals surface area contributed by atoms with Crippen LogP contribution in [-0.2, 0) is 24.9 Å². The van der Waals surface area contributed by atoms with Gasteiger partial charge >= 0.3 is 0 Å². The molecule has 1 aliphatic carbocycles. The molecule has 0 bridgehead atoms. The summed E-state index contributed by atoms with van der Waals surface area (Å²) in [6.07, 6.45) is 11.2. The van der Waals surface area contributed by atoms with Gasteiger partial charge in [-0.25, -0.2) is 4.39 Å². The molecule has 1 fully saturated rings. The molecule has 48 heavy (non-hydrogen) atoms. The summed E-state index contributed by atoms with van der Waals surface area (Å²) in [5.41, 5.74) is 0.927. The number of halogens is 1. The van der Waals surface area contributed by atoms with Crippen LogP contribution in [0, 0.1) is 42.3 Å². The topological polar surface area (TPSA) is 50.2 Å². The number of fused-ring (bicyclic) bond motifs is 3. The van der Waals surface area contributed by atoms with Crippen LogP contribution in [-0.4, -0.2) is 15.9 Å². The second kappa shape index (κ2) is 16.7. The number of carbonyl (C=O) groups excluding carboxylic acids is 1. The molecule has 1 saturated carbocycles. The van der Waals surface area contributed by atoms with E-state index in [2.05, 4.69) is 24.0 Å². The van der Waals surface area contributed by atoms with Gasteiger partial charge in [-0.3, -0.25) is 4.79 Å². The van der Waals surface area contributed by atoms with Crippen LogP contribution < -0.4 is 0 Å². The molecule has 3 nitrogen and oxygen atoms in total. The van der Waals surface area contributed by atoms with Gasteiger partial charge in [0.2, 0.25) is 0 Å². The zero-order valence-corrected chi connectivity index (χ0v) is 31.9. The maximum absolute atomic E-state index is 14.6. The Hall–Kier alpha value is -2.88. The zero-order chi connectivity index (χ0) is 39.5. The van der Waals surface area contributed by atoms with E-state index >= 15 is 0 Å². The van der Waals surface area contributed by atoms with Crippen molar-refractivity contribution in [3.63, 3.8) is 0 Å². The monoisotopic (exact) mass is 835 g/mol. The van der Waals surface area contributed by atoms with Crippen molar-refractivity contribution in [2.75, 3.05) is 0 Å². The molecule has 3 aromatic carbocycles. The molecule has 1 N–H and O–H groups in total. The fourth-order valence-corrected chi connectivity index (χ4v) is 6.77. The molecule has 0 saturated heterocycles. The minimum atomic E-state index is -2.54. The summed E-state index contributed by atoms with van der Waals surface area (Å²) in [6.45, 7) is 9.27. The van der Waals surface area contributed by atoms with Crippen LogP contribution in [0.2, 0.25) is 0 Å². The second-order valence-corrected chi connectivity index (χ2v) is 13.9. The first-order chi connectivity index (χ1) is 24.7. The molecular formula is C43H55FIrNO2-. The van der Waals surface area contributed by atoms with E-state index in [1.54, 1.807) is 12.3 Å². The molecule has 5 heteroatoms. The first-order valence-electron chi connectivity index (χ1n) is 20.3. The van der Waals surface area contributed by atoms with Crippen LogP contribution in [0.5, 0.6) is 0 Å². The van der Waals surface area contributed by atoms with Gasteiger partial charge in [-0.1, -0.05) is 87.1 Å². The fourth-order valence-electron chi connectivity index (χ4n) is 6.77. The Kier molecular flexibility index (Phi) is 10.8. The van der Waals surface area contributed by atoms with Crippen LogP contribution in [0.1, 0.15) is 131 Å². The van der Waals surface area contributed by atoms with Crippen LogP contribution in [0.25, 0.3) is 32.8 Å². The first kappa shape index (κ1) is 31.1. The summed E-state index contributed by atoms with van der Waals surface area (Å²) < 4.78 is 61.8. The number of allylic oxidation sites excluding steroid dienone is 2. The molecule has 1 heterocycles. The van der Waals surface area contributed by atoms with Crippen molar-refractivity contribution in [3.05, 3.63) is 89.1 Å². The van der Waals surface area contributed by atoms with Crippen molar-refractivity contribution in [1.29, 1.82) is 0 Å². The van der Waals surface area contributed by atoms with E-state index in [1.807, 2.05) is 47.6 Å². The van der Waals surface area contributed by atoms with E-state index in [1.165, 1.54) is 50.0 Å². The summed E-state index contributed by atoms with van der Waals surface area (Å²) in [6, 6.07) is 14.2. The van der Waals surface area contributed by atoms with Crippen LogP contribution >= 0.6 is 0 Å². The number of hydrogen-bond acceptors (Lipinski definition) is 3. The minimum absolute atomic E-state index is 0. The van der Waals surface area contributed by atoms with Crippen LogP contribution in [0.4, 0.5) is 4.39 Å². The number of aliphatic hydroxyl groups excluding tert-OH is 1. The van der Waals surface area contributed by atoms with Gasteiger partial charge in [0.1, 0.15) is 11.6 Å². The number of hydrogen-bond donors (Lipinski definition) is 1. The van der Waals surface area contributed by atoms with Crippen molar-refractivity contribution in [2.24, 2.45) is 16.7 Å². The molecule has 1 unspecified atom stereocenters. The van der Waals surface area contributed by atoms with Gasteiger partial charge < -0.3 is 10.1 Å². The normalized spacial score (nSPS) is 17.2. The summed E-state index contributed by atoms with van der Waals surface area (Å²) in [5, 5.41) is 13.2. The van der Waals surface area contributed by atoms with Gasteiger partial charge in [-0.2, -0.15) is 0 Å². The first-order valence-corrected chi connectivity index (χ1v) is 17.3. The molecule has 0 amide bonds. The van der Waals surface area contributed by atoms with Gasteiger partial charge in [-0.15, -0.1) is 34.9 Å². The zero-order valence-electron chi connectivity index (χ0n) is 35.5. The van der Waals surface area contributed by atoms with E-state index in [-0.39, 0.29) is 65.0 Å². The van der Waals surface area contributed by atoms with Crippen molar-refractivity contribution in [3.8, 4) is 11.3 Å². The van der Waals surface area contributed by atoms with Gasteiger partial charge in [0, 0.05) is 51.4 Å². The van der Waals surface area contributed by atoms with Crippen molar-refractivity contribution in [1.82, 2.24) is 4.98 Å². The third-order valence-corrected chi connectivity index (χ3v) is 11.2. The summed E-state index contributed by atoms with van der Waals surface area (Å²) in [4.78, 5) is 16.7. The Morgan fingerprint density at radius 1 is 1.00 bits per heavy atom. The number of rotatable bonds is 10. The van der Waals surface area contributed by atoms with Crippen LogP contribution in [0.15, 0.2) is 60.5 Å². The van der Waals surface area contributed by atoms with Gasteiger partial charge in [0.15, 0.2) is 5.78 Å². The summed E-state index contributed by atoms with van der Waals surface area (Å²) >= 11 is 0. The maximum atomic E-state index is 14.6. The number of aliphatic hydroxyl groups is 1. The molecule has 1 aromatic heterocycles. The average Bonchev–Trinajstić information content (AvgIpc) is 3.68. The minimum Gasteiger partial charge on any atom is -0.512 e. The van der Waals surface area contributed by atoms with Gasteiger partial charge in [0.05, 0.1) is 0 Å². The van der Waals surface area contributed by atoms with Crippen molar-refractivity contribution < 1.29 is 42.6 Å². The number of nitrogens with zero attached hydrogens (tertiary/aromatic N) is 1. The molecule has 1 atom stereocenters. The number of carbonyl (C=O) groups is 1. The van der Waals surface area contributed by atoms with E-state index in [0.29, 0.717) is 28.3 Å². The predicted octanol–water partition coefficient (Wildman–Crippen LogP) is 12.6. The Morgan fingerprint density at radius 2 is 1.67 bits per heavy atom. The molecule has 4 aromatic rings. The number of benzene rings is 3. The van der Waals surface area contributed by atoms with Gasteiger partial charge in [-0.05, 0) is 101 Å². The number of aromatic nitrogens is 1. The molecule has 261 valence electrons. The molecule has 0 aliphatic heterocycles. The Balaban J connectivity index is 0.000000372. The fraction of sp³-hybridized carbons (Fsp3) is 0.488. The molecular weight excluding hydrogens is 774 g/mol. The Morgan fingerprint density at radius 3 is 2.27 bits per heavy atom. The Bertz CT molecular complexity index is 1930. The number of pyridine rings is 1. The maximum Gasteiger partial charge on any atom is 0.164 e. The standard InChI is InChI=1S/C28H27FN.C15H28O2.Ir/c1-17-12-18(2)14-22(13-17)28-27-21(10-11-30-28)15-25(19(3)20-6-4-5-7-20)24-9-8-23(29)16-26(24)27;1-7-14(5,8-2)12(16)11-13(17)15(6,9-3)10-4;/h8-13,15-16,19-20H,4-7H2,1-3H3;11,16H,7-10H2,1-6H3;/q-1;;/b;12-11-;/i1D3,2D3;;. The van der Waals surface area contributed by atoms with Crippen molar-refractivity contribution >= 4 is 27.3 Å². The quantitative estimate of drug-likeness (QED) is 0.0749. The molecule has 1 radical (unpaired) electrons. The van der Waals surface area contributed by atoms with Crippen molar-refractivity contribution in [2.45, 2.75) is 119 Å². The van der Waals surface area contributed by atoms with E-state index in [4.69, 9.17) is 8.22 Å². The van der Waals surface area contributed by atoms with Gasteiger partial charge in [0.25, 0.3) is 0 Å². The molecule has 5 rings (SSSR count). The third-order valence-electron chi connectivity index (χ3n) is 11.2. The van der Waals surface area contributed by atoms with E-state index < -0.39 is 13.7 Å². The second-order valence-electron chi connectivity index (χ2n) is 13.9. The number of aryl methyl sites for hydroxylation is 2. The third kappa shape index (κ3) is 8.45. The van der Waals surface area contributed by atoms with Crippen LogP contribution in [0.3, 0.4) is 0 Å². The van der Waals surface area contributed by atoms with E-state index in [9.17, 15) is 14.3 Å².